The number of hydrogen-bond donors (Lipinski definition) is 2. The Hall–Kier alpha value is -3.91. The van der Waals surface area contributed by atoms with Crippen molar-refractivity contribution in [3.63, 3.8) is 0 Å². The normalized spacial score (nSPS) is 14.1. The van der Waals surface area contributed by atoms with Crippen LogP contribution in [0.1, 0.15) is 15.9 Å². The molecule has 0 bridgehead atoms. The summed E-state index contributed by atoms with van der Waals surface area (Å²) in [5.74, 6) is 0.208. The van der Waals surface area contributed by atoms with Gasteiger partial charge in [-0.1, -0.05) is 59.5 Å². The Kier molecular flexibility index (Phi) is 7.68. The molecule has 1 aromatic carbocycles. The third-order valence-electron chi connectivity index (χ3n) is 6.64. The molecule has 0 spiro atoms. The number of rotatable bonds is 8. The number of ether oxygens (including phenoxy) is 1. The molecule has 0 aliphatic carbocycles. The van der Waals surface area contributed by atoms with Gasteiger partial charge in [-0.25, -0.2) is 4.98 Å². The Balaban J connectivity index is 1.31. The summed E-state index contributed by atoms with van der Waals surface area (Å²) in [7, 11) is 0. The van der Waals surface area contributed by atoms with Gasteiger partial charge in [0.1, 0.15) is 16.8 Å². The maximum Gasteiger partial charge on any atom is 0.267 e. The molecule has 0 saturated carbocycles. The van der Waals surface area contributed by atoms with Crippen LogP contribution in [0.4, 0.5) is 5.13 Å². The lowest BCUT2D eigenvalue weighted by Crippen LogP contribution is -2.40. The van der Waals surface area contributed by atoms with Gasteiger partial charge >= 0.3 is 0 Å². The van der Waals surface area contributed by atoms with E-state index >= 15 is 0 Å². The summed E-state index contributed by atoms with van der Waals surface area (Å²) in [5, 5.41) is 20.6. The molecule has 6 rings (SSSR count). The number of nitrogens with one attached hydrogen (secondary N) is 2. The molecule has 0 radical (unpaired) electrons. The Morgan fingerprint density at radius 3 is 2.70 bits per heavy atom. The molecule has 204 valence electrons. The molecule has 5 heterocycles. The second-order valence-corrected chi connectivity index (χ2v) is 11.4. The molecule has 40 heavy (non-hydrogen) atoms. The summed E-state index contributed by atoms with van der Waals surface area (Å²) < 4.78 is 9.26. The second-order valence-electron chi connectivity index (χ2n) is 9.20. The fourth-order valence-corrected chi connectivity index (χ4v) is 6.25. The molecule has 2 N–H and O–H groups in total. The number of carbonyl (C=O) groups excluding carboxylic acids is 1. The molecule has 11 nitrogen and oxygen atoms in total. The molecule has 0 atom stereocenters. The SMILES string of the molecule is N=c1c(C(=O)Nc2nnc(SCc3ccccc3)s2)cc2c(=O)n3ccccc3nc2n1CCN1CCOCC1. The standard InChI is InChI=1S/C27H26N8O3S2/c28-22-19(24(36)30-26-31-32-27(40-26)39-17-18-6-2-1-3-7-18)16-20-23(29-21-8-4-5-9-34(21)25(20)37)35(22)11-10-33-12-14-38-15-13-33/h1-9,16,28H,10-15,17H2,(H,30,31,36). The first-order chi connectivity index (χ1) is 19.6. The molecular formula is C27H26N8O3S2. The zero-order valence-electron chi connectivity index (χ0n) is 21.4. The van der Waals surface area contributed by atoms with E-state index in [2.05, 4.69) is 20.4 Å². The Bertz CT molecular complexity index is 1800. The molecule has 5 aromatic rings. The van der Waals surface area contributed by atoms with Crippen LogP contribution in [0, 0.1) is 5.41 Å². The van der Waals surface area contributed by atoms with Crippen molar-refractivity contribution in [1.82, 2.24) is 29.0 Å². The monoisotopic (exact) mass is 574 g/mol. The minimum atomic E-state index is -0.527. The predicted octanol–water partition coefficient (Wildman–Crippen LogP) is 2.86. The summed E-state index contributed by atoms with van der Waals surface area (Å²) >= 11 is 2.80. The first-order valence-corrected chi connectivity index (χ1v) is 14.6. The van der Waals surface area contributed by atoms with Gasteiger partial charge in [0.15, 0.2) is 4.34 Å². The van der Waals surface area contributed by atoms with Crippen molar-refractivity contribution in [1.29, 1.82) is 5.41 Å². The number of morpholine rings is 1. The number of thioether (sulfide) groups is 1. The molecule has 1 saturated heterocycles. The number of hydrogen-bond acceptors (Lipinski definition) is 10. The lowest BCUT2D eigenvalue weighted by Gasteiger charge is -2.27. The average Bonchev–Trinajstić information content (AvgIpc) is 3.44. The first kappa shape index (κ1) is 26.3. The number of benzene rings is 1. The molecule has 1 amide bonds. The van der Waals surface area contributed by atoms with E-state index in [4.69, 9.17) is 15.1 Å². The maximum atomic E-state index is 13.4. The Morgan fingerprint density at radius 2 is 1.88 bits per heavy atom. The van der Waals surface area contributed by atoms with Gasteiger partial charge in [0, 0.05) is 38.1 Å². The summed E-state index contributed by atoms with van der Waals surface area (Å²) in [4.78, 5) is 33.8. The van der Waals surface area contributed by atoms with Crippen LogP contribution in [0.25, 0.3) is 16.7 Å². The van der Waals surface area contributed by atoms with Gasteiger partial charge in [0.05, 0.1) is 24.2 Å². The minimum Gasteiger partial charge on any atom is -0.379 e. The number of carbonyl (C=O) groups is 1. The smallest absolute Gasteiger partial charge is 0.267 e. The van der Waals surface area contributed by atoms with Crippen LogP contribution in [0.5, 0.6) is 0 Å². The number of fused-ring (bicyclic) bond motifs is 2. The molecular weight excluding hydrogens is 548 g/mol. The van der Waals surface area contributed by atoms with Crippen LogP contribution in [-0.4, -0.2) is 67.8 Å². The van der Waals surface area contributed by atoms with Crippen LogP contribution in [-0.2, 0) is 17.0 Å². The number of nitrogens with zero attached hydrogens (tertiary/aromatic N) is 6. The fourth-order valence-electron chi connectivity index (χ4n) is 4.55. The Labute approximate surface area is 237 Å². The van der Waals surface area contributed by atoms with E-state index in [0.29, 0.717) is 42.7 Å². The minimum absolute atomic E-state index is 0.0198. The van der Waals surface area contributed by atoms with E-state index in [-0.39, 0.29) is 22.0 Å². The highest BCUT2D eigenvalue weighted by Gasteiger charge is 2.20. The molecule has 13 heteroatoms. The van der Waals surface area contributed by atoms with Gasteiger partial charge in [-0.15, -0.1) is 10.2 Å². The quantitative estimate of drug-likeness (QED) is 0.164. The van der Waals surface area contributed by atoms with Crippen molar-refractivity contribution in [2.45, 2.75) is 16.6 Å². The topological polar surface area (TPSA) is 130 Å². The zero-order valence-corrected chi connectivity index (χ0v) is 23.1. The van der Waals surface area contributed by atoms with Crippen molar-refractivity contribution in [3.8, 4) is 0 Å². The largest absolute Gasteiger partial charge is 0.379 e. The van der Waals surface area contributed by atoms with Gasteiger partial charge < -0.3 is 9.30 Å². The summed E-state index contributed by atoms with van der Waals surface area (Å²) in [6, 6.07) is 16.8. The maximum absolute atomic E-state index is 13.4. The third-order valence-corrected chi connectivity index (χ3v) is 8.68. The molecule has 1 aliphatic rings. The van der Waals surface area contributed by atoms with E-state index in [1.165, 1.54) is 33.6 Å². The second kappa shape index (κ2) is 11.7. The fraction of sp³-hybridized carbons (Fsp3) is 0.259. The molecule has 4 aromatic heterocycles. The zero-order chi connectivity index (χ0) is 27.5. The van der Waals surface area contributed by atoms with E-state index < -0.39 is 5.91 Å². The van der Waals surface area contributed by atoms with Crippen molar-refractivity contribution in [3.05, 3.63) is 87.8 Å². The van der Waals surface area contributed by atoms with Crippen LogP contribution in [0.15, 0.2) is 69.9 Å². The van der Waals surface area contributed by atoms with Gasteiger partial charge in [-0.3, -0.25) is 29.6 Å². The van der Waals surface area contributed by atoms with Gasteiger partial charge in [-0.2, -0.15) is 0 Å². The highest BCUT2D eigenvalue weighted by Crippen LogP contribution is 2.28. The molecule has 1 fully saturated rings. The van der Waals surface area contributed by atoms with Crippen LogP contribution in [0.3, 0.4) is 0 Å². The number of pyridine rings is 2. The van der Waals surface area contributed by atoms with E-state index in [9.17, 15) is 9.59 Å². The number of aromatic nitrogens is 5. The van der Waals surface area contributed by atoms with Crippen molar-refractivity contribution < 1.29 is 9.53 Å². The highest BCUT2D eigenvalue weighted by atomic mass is 32.2. The van der Waals surface area contributed by atoms with Crippen LogP contribution >= 0.6 is 23.1 Å². The van der Waals surface area contributed by atoms with E-state index in [1.54, 1.807) is 22.9 Å². The van der Waals surface area contributed by atoms with Crippen molar-refractivity contribution in [2.75, 3.05) is 38.2 Å². The van der Waals surface area contributed by atoms with Crippen LogP contribution < -0.4 is 16.4 Å². The third kappa shape index (κ3) is 5.54. The van der Waals surface area contributed by atoms with E-state index in [0.717, 1.165) is 28.7 Å². The summed E-state index contributed by atoms with van der Waals surface area (Å²) in [5.41, 5.74) is 1.77. The van der Waals surface area contributed by atoms with E-state index in [1.807, 2.05) is 36.4 Å². The van der Waals surface area contributed by atoms with Gasteiger partial charge in [0.25, 0.3) is 11.5 Å². The number of amides is 1. The lowest BCUT2D eigenvalue weighted by atomic mass is 10.2. The number of anilines is 1. The lowest BCUT2D eigenvalue weighted by molar-refractivity contribution is 0.0363. The van der Waals surface area contributed by atoms with Crippen molar-refractivity contribution >= 4 is 50.8 Å². The van der Waals surface area contributed by atoms with Crippen molar-refractivity contribution in [2.24, 2.45) is 0 Å². The highest BCUT2D eigenvalue weighted by molar-refractivity contribution is 8.00. The predicted molar refractivity (Wildman–Crippen MR) is 154 cm³/mol. The first-order valence-electron chi connectivity index (χ1n) is 12.8. The summed E-state index contributed by atoms with van der Waals surface area (Å²) in [6.45, 7) is 3.90. The van der Waals surface area contributed by atoms with Gasteiger partial charge in [0.2, 0.25) is 5.13 Å². The van der Waals surface area contributed by atoms with Crippen LogP contribution in [0.2, 0.25) is 0 Å². The Morgan fingerprint density at radius 1 is 1.07 bits per heavy atom. The molecule has 1 aliphatic heterocycles. The molecule has 0 unspecified atom stereocenters. The van der Waals surface area contributed by atoms with Gasteiger partial charge in [-0.05, 0) is 23.8 Å². The average molecular weight is 575 g/mol. The summed E-state index contributed by atoms with van der Waals surface area (Å²) in [6.07, 6.45) is 1.65.